The van der Waals surface area contributed by atoms with Crippen LogP contribution in [0.25, 0.3) is 0 Å². The normalized spacial score (nSPS) is 9.62. The molecule has 0 bridgehead atoms. The molecular weight excluding hydrogens is 170 g/mol. The second-order valence-corrected chi connectivity index (χ2v) is 2.55. The van der Waals surface area contributed by atoms with E-state index in [-0.39, 0.29) is 23.9 Å². The molecule has 4 heteroatoms. The van der Waals surface area contributed by atoms with Gasteiger partial charge in [-0.25, -0.2) is 0 Å². The van der Waals surface area contributed by atoms with Crippen molar-refractivity contribution in [3.8, 4) is 11.5 Å². The van der Waals surface area contributed by atoms with Crippen LogP contribution in [0.5, 0.6) is 11.5 Å². The molecule has 0 aliphatic carbocycles. The fourth-order valence-corrected chi connectivity index (χ4v) is 0.816. The number of esters is 1. The van der Waals surface area contributed by atoms with E-state index < -0.39 is 0 Å². The van der Waals surface area contributed by atoms with Gasteiger partial charge in [0.15, 0.2) is 11.5 Å². The van der Waals surface area contributed by atoms with Gasteiger partial charge in [-0.1, -0.05) is 6.92 Å². The van der Waals surface area contributed by atoms with Crippen molar-refractivity contribution in [1.82, 2.24) is 0 Å². The molecule has 1 rings (SSSR count). The second kappa shape index (κ2) is 3.80. The lowest BCUT2D eigenvalue weighted by Gasteiger charge is -2.04. The van der Waals surface area contributed by atoms with E-state index in [0.29, 0.717) is 5.69 Å². The molecule has 0 aliphatic rings. The Morgan fingerprint density at radius 1 is 1.62 bits per heavy atom. The predicted molar refractivity (Wildman–Crippen MR) is 48.4 cm³/mol. The van der Waals surface area contributed by atoms with E-state index in [1.54, 1.807) is 13.0 Å². The van der Waals surface area contributed by atoms with Crippen LogP contribution in [0.2, 0.25) is 0 Å². The van der Waals surface area contributed by atoms with Crippen LogP contribution in [0.1, 0.15) is 13.3 Å². The minimum absolute atomic E-state index is 0.123. The smallest absolute Gasteiger partial charge is 0.311 e. The van der Waals surface area contributed by atoms with E-state index in [1.807, 2.05) is 0 Å². The summed E-state index contributed by atoms with van der Waals surface area (Å²) in [6.45, 7) is 1.68. The van der Waals surface area contributed by atoms with E-state index in [1.165, 1.54) is 12.1 Å². The average molecular weight is 181 g/mol. The second-order valence-electron chi connectivity index (χ2n) is 2.55. The number of aromatic hydroxyl groups is 1. The van der Waals surface area contributed by atoms with Crippen LogP contribution in [-0.4, -0.2) is 11.1 Å². The largest absolute Gasteiger partial charge is 0.504 e. The zero-order chi connectivity index (χ0) is 9.84. The highest BCUT2D eigenvalue weighted by molar-refractivity contribution is 5.73. The lowest BCUT2D eigenvalue weighted by Crippen LogP contribution is -2.05. The van der Waals surface area contributed by atoms with Crippen molar-refractivity contribution in [3.05, 3.63) is 18.2 Å². The van der Waals surface area contributed by atoms with Gasteiger partial charge in [0.2, 0.25) is 0 Å². The Kier molecular flexibility index (Phi) is 2.74. The standard InChI is InChI=1S/C9H11NO3/c1-2-9(12)13-8-4-3-6(10)5-7(8)11/h3-5,11H,2,10H2,1H3. The molecule has 4 nitrogen and oxygen atoms in total. The molecule has 0 aromatic heterocycles. The molecule has 0 amide bonds. The number of rotatable bonds is 2. The van der Waals surface area contributed by atoms with Gasteiger partial charge in [0.25, 0.3) is 0 Å². The maximum atomic E-state index is 10.9. The number of carbonyl (C=O) groups excluding carboxylic acids is 1. The number of carbonyl (C=O) groups is 1. The van der Waals surface area contributed by atoms with Crippen molar-refractivity contribution < 1.29 is 14.6 Å². The summed E-state index contributed by atoms with van der Waals surface area (Å²) in [6.07, 6.45) is 0.268. The number of phenols is 1. The molecule has 0 saturated heterocycles. The molecule has 0 heterocycles. The first-order chi connectivity index (χ1) is 6.13. The Hall–Kier alpha value is -1.71. The van der Waals surface area contributed by atoms with Crippen molar-refractivity contribution in [3.63, 3.8) is 0 Å². The number of nitrogens with two attached hydrogens (primary N) is 1. The summed E-state index contributed by atoms with van der Waals surface area (Å²) in [6, 6.07) is 4.34. The van der Waals surface area contributed by atoms with Gasteiger partial charge in [-0.2, -0.15) is 0 Å². The van der Waals surface area contributed by atoms with Crippen LogP contribution < -0.4 is 10.5 Å². The Morgan fingerprint density at radius 2 is 2.31 bits per heavy atom. The zero-order valence-electron chi connectivity index (χ0n) is 7.28. The fourth-order valence-electron chi connectivity index (χ4n) is 0.816. The van der Waals surface area contributed by atoms with Gasteiger partial charge in [-0.15, -0.1) is 0 Å². The van der Waals surface area contributed by atoms with Crippen molar-refractivity contribution in [2.24, 2.45) is 0 Å². The van der Waals surface area contributed by atoms with E-state index in [0.717, 1.165) is 0 Å². The topological polar surface area (TPSA) is 72.5 Å². The third-order valence-corrected chi connectivity index (χ3v) is 1.50. The minimum atomic E-state index is -0.389. The molecule has 3 N–H and O–H groups in total. The van der Waals surface area contributed by atoms with Crippen LogP contribution in [-0.2, 0) is 4.79 Å². The van der Waals surface area contributed by atoms with Gasteiger partial charge in [0.1, 0.15) is 0 Å². The third-order valence-electron chi connectivity index (χ3n) is 1.50. The third kappa shape index (κ3) is 2.37. The molecule has 0 fully saturated rings. The number of ether oxygens (including phenoxy) is 1. The highest BCUT2D eigenvalue weighted by atomic mass is 16.5. The fraction of sp³-hybridized carbons (Fsp3) is 0.222. The molecule has 0 spiro atoms. The monoisotopic (exact) mass is 181 g/mol. The number of anilines is 1. The van der Waals surface area contributed by atoms with E-state index in [4.69, 9.17) is 10.5 Å². The Morgan fingerprint density at radius 3 is 2.85 bits per heavy atom. The maximum absolute atomic E-state index is 10.9. The first-order valence-electron chi connectivity index (χ1n) is 3.92. The van der Waals surface area contributed by atoms with Gasteiger partial charge in [-0.3, -0.25) is 4.79 Å². The Bertz CT molecular complexity index is 323. The number of nitrogen functional groups attached to an aromatic ring is 1. The molecule has 70 valence electrons. The van der Waals surface area contributed by atoms with Crippen LogP contribution in [0.15, 0.2) is 18.2 Å². The first kappa shape index (κ1) is 9.38. The van der Waals surface area contributed by atoms with Gasteiger partial charge in [0.05, 0.1) is 0 Å². The van der Waals surface area contributed by atoms with Gasteiger partial charge < -0.3 is 15.6 Å². The lowest BCUT2D eigenvalue weighted by atomic mass is 10.3. The molecule has 0 saturated carbocycles. The van der Waals surface area contributed by atoms with Crippen molar-refractivity contribution in [1.29, 1.82) is 0 Å². The van der Waals surface area contributed by atoms with Crippen molar-refractivity contribution in [2.45, 2.75) is 13.3 Å². The number of phenolic OH excluding ortho intramolecular Hbond substituents is 1. The van der Waals surface area contributed by atoms with Crippen molar-refractivity contribution in [2.75, 3.05) is 5.73 Å². The summed E-state index contributed by atoms with van der Waals surface area (Å²) < 4.78 is 4.80. The molecule has 1 aromatic carbocycles. The Balaban J connectivity index is 2.83. The highest BCUT2D eigenvalue weighted by Gasteiger charge is 2.06. The summed E-state index contributed by atoms with van der Waals surface area (Å²) in [5.41, 5.74) is 5.82. The van der Waals surface area contributed by atoms with Crippen LogP contribution >= 0.6 is 0 Å². The highest BCUT2D eigenvalue weighted by Crippen LogP contribution is 2.27. The SMILES string of the molecule is CCC(=O)Oc1ccc(N)cc1O. The van der Waals surface area contributed by atoms with E-state index >= 15 is 0 Å². The zero-order valence-corrected chi connectivity index (χ0v) is 7.28. The van der Waals surface area contributed by atoms with Gasteiger partial charge in [-0.05, 0) is 12.1 Å². The Labute approximate surface area is 75.9 Å². The van der Waals surface area contributed by atoms with E-state index in [2.05, 4.69) is 0 Å². The summed E-state index contributed by atoms with van der Waals surface area (Å²) in [4.78, 5) is 10.9. The molecule has 0 radical (unpaired) electrons. The van der Waals surface area contributed by atoms with Crippen LogP contribution in [0, 0.1) is 0 Å². The maximum Gasteiger partial charge on any atom is 0.311 e. The van der Waals surface area contributed by atoms with E-state index in [9.17, 15) is 9.90 Å². The van der Waals surface area contributed by atoms with Gasteiger partial charge >= 0.3 is 5.97 Å². The first-order valence-corrected chi connectivity index (χ1v) is 3.92. The van der Waals surface area contributed by atoms with Gasteiger partial charge in [0, 0.05) is 18.2 Å². The number of hydrogen-bond donors (Lipinski definition) is 2. The predicted octanol–water partition coefficient (Wildman–Crippen LogP) is 1.29. The van der Waals surface area contributed by atoms with Crippen LogP contribution in [0.4, 0.5) is 5.69 Å². The minimum Gasteiger partial charge on any atom is -0.504 e. The lowest BCUT2D eigenvalue weighted by molar-refractivity contribution is -0.134. The molecule has 13 heavy (non-hydrogen) atoms. The summed E-state index contributed by atoms with van der Waals surface area (Å²) in [7, 11) is 0. The molecular formula is C9H11NO3. The molecule has 0 atom stereocenters. The molecule has 0 aliphatic heterocycles. The number of hydrogen-bond acceptors (Lipinski definition) is 4. The summed E-state index contributed by atoms with van der Waals surface area (Å²) in [5.74, 6) is -0.372. The summed E-state index contributed by atoms with van der Waals surface area (Å²) >= 11 is 0. The average Bonchev–Trinajstić information content (AvgIpc) is 2.09. The molecule has 0 unspecified atom stereocenters. The summed E-state index contributed by atoms with van der Waals surface area (Å²) in [5, 5.41) is 9.28. The quantitative estimate of drug-likeness (QED) is 0.409. The van der Waals surface area contributed by atoms with Crippen LogP contribution in [0.3, 0.4) is 0 Å². The number of benzene rings is 1. The van der Waals surface area contributed by atoms with Crippen molar-refractivity contribution >= 4 is 11.7 Å². The molecule has 1 aromatic rings.